The molecule has 0 atom stereocenters. The predicted molar refractivity (Wildman–Crippen MR) is 136 cm³/mol. The Hall–Kier alpha value is -4.51. The second kappa shape index (κ2) is 11.6. The van der Waals surface area contributed by atoms with Gasteiger partial charge in [0, 0.05) is 17.7 Å². The Balaban J connectivity index is 1.53. The number of carbonyl (C=O) groups is 1. The second-order valence-electron chi connectivity index (χ2n) is 7.83. The second-order valence-corrected chi connectivity index (χ2v) is 7.83. The summed E-state index contributed by atoms with van der Waals surface area (Å²) in [6, 6.07) is 29.4. The van der Waals surface area contributed by atoms with Gasteiger partial charge >= 0.3 is 0 Å². The summed E-state index contributed by atoms with van der Waals surface area (Å²) >= 11 is 0. The van der Waals surface area contributed by atoms with Gasteiger partial charge in [-0.3, -0.25) is 4.79 Å². The van der Waals surface area contributed by atoms with E-state index in [2.05, 4.69) is 0 Å². The van der Waals surface area contributed by atoms with Crippen molar-refractivity contribution in [3.8, 4) is 23.0 Å². The largest absolute Gasteiger partial charge is 0.508 e. The van der Waals surface area contributed by atoms with Crippen molar-refractivity contribution in [3.63, 3.8) is 0 Å². The number of phenolic OH excluding ortho intramolecular Hbond substituents is 1. The fourth-order valence-corrected chi connectivity index (χ4v) is 3.46. The highest BCUT2D eigenvalue weighted by Crippen LogP contribution is 2.29. The molecule has 4 aromatic rings. The maximum absolute atomic E-state index is 13.1. The molecule has 0 aromatic heterocycles. The average molecular weight is 467 g/mol. The first-order valence-corrected chi connectivity index (χ1v) is 11.2. The molecule has 176 valence electrons. The Bertz CT molecular complexity index is 1300. The Morgan fingerprint density at radius 1 is 0.771 bits per heavy atom. The molecule has 0 spiro atoms. The summed E-state index contributed by atoms with van der Waals surface area (Å²) in [5.41, 5.74) is 3.09. The van der Waals surface area contributed by atoms with Crippen molar-refractivity contribution in [3.05, 3.63) is 125 Å². The zero-order chi connectivity index (χ0) is 24.5. The van der Waals surface area contributed by atoms with Crippen molar-refractivity contribution in [1.82, 2.24) is 0 Å². The summed E-state index contributed by atoms with van der Waals surface area (Å²) in [7, 11) is 1.59. The van der Waals surface area contributed by atoms with E-state index >= 15 is 0 Å². The molecule has 0 aliphatic carbocycles. The van der Waals surface area contributed by atoms with E-state index in [-0.39, 0.29) is 18.1 Å². The third-order valence-corrected chi connectivity index (χ3v) is 5.34. The van der Waals surface area contributed by atoms with Crippen LogP contribution in [0.2, 0.25) is 0 Å². The van der Waals surface area contributed by atoms with Gasteiger partial charge in [-0.25, -0.2) is 0 Å². The molecule has 4 aromatic carbocycles. The van der Waals surface area contributed by atoms with Crippen molar-refractivity contribution in [2.75, 3.05) is 7.11 Å². The quantitative estimate of drug-likeness (QED) is 0.215. The van der Waals surface area contributed by atoms with Crippen LogP contribution < -0.4 is 14.2 Å². The first-order chi connectivity index (χ1) is 17.1. The van der Waals surface area contributed by atoms with Crippen LogP contribution in [0, 0.1) is 0 Å². The number of allylic oxidation sites excluding steroid dienone is 1. The molecule has 0 aliphatic heterocycles. The number of hydrogen-bond acceptors (Lipinski definition) is 5. The molecule has 0 bridgehead atoms. The number of carbonyl (C=O) groups excluding carboxylic acids is 1. The summed E-state index contributed by atoms with van der Waals surface area (Å²) in [5.74, 6) is 1.35. The Labute approximate surface area is 204 Å². The Morgan fingerprint density at radius 2 is 1.40 bits per heavy atom. The van der Waals surface area contributed by atoms with Gasteiger partial charge in [-0.05, 0) is 47.5 Å². The monoisotopic (exact) mass is 466 g/mol. The zero-order valence-corrected chi connectivity index (χ0v) is 19.4. The number of methoxy groups -OCH3 is 1. The standard InChI is InChI=1S/C30H26O5/c1-33-26-15-12-24(29(19-26)34-20-22-8-4-2-5-9-22)13-17-28(32)27-16-14-25(31)18-30(27)35-21-23-10-6-3-7-11-23/h2-19,31H,20-21H2,1H3. The lowest BCUT2D eigenvalue weighted by Crippen LogP contribution is -2.02. The molecule has 0 heterocycles. The van der Waals surface area contributed by atoms with Gasteiger partial charge in [-0.15, -0.1) is 0 Å². The maximum atomic E-state index is 13.1. The molecule has 35 heavy (non-hydrogen) atoms. The fraction of sp³-hybridized carbons (Fsp3) is 0.100. The molecule has 0 saturated carbocycles. The van der Waals surface area contributed by atoms with Crippen LogP contribution in [0.5, 0.6) is 23.0 Å². The number of ketones is 1. The lowest BCUT2D eigenvalue weighted by Gasteiger charge is -2.12. The third-order valence-electron chi connectivity index (χ3n) is 5.34. The van der Waals surface area contributed by atoms with Crippen molar-refractivity contribution in [2.45, 2.75) is 13.2 Å². The van der Waals surface area contributed by atoms with E-state index in [4.69, 9.17) is 14.2 Å². The van der Waals surface area contributed by atoms with E-state index in [1.165, 1.54) is 18.2 Å². The number of ether oxygens (including phenoxy) is 3. The summed E-state index contributed by atoms with van der Waals surface area (Å²) in [6.45, 7) is 0.669. The van der Waals surface area contributed by atoms with Crippen LogP contribution in [0.1, 0.15) is 27.0 Å². The molecule has 1 N–H and O–H groups in total. The molecule has 5 heteroatoms. The fourth-order valence-electron chi connectivity index (χ4n) is 3.46. The topological polar surface area (TPSA) is 65.0 Å². The van der Waals surface area contributed by atoms with Crippen LogP contribution in [0.15, 0.2) is 103 Å². The number of rotatable bonds is 10. The van der Waals surface area contributed by atoms with Crippen LogP contribution in [-0.4, -0.2) is 18.0 Å². The van der Waals surface area contributed by atoms with Gasteiger partial charge in [0.1, 0.15) is 36.2 Å². The van der Waals surface area contributed by atoms with Gasteiger partial charge in [0.15, 0.2) is 5.78 Å². The summed E-state index contributed by atoms with van der Waals surface area (Å²) in [4.78, 5) is 13.1. The van der Waals surface area contributed by atoms with E-state index in [1.54, 1.807) is 25.3 Å². The summed E-state index contributed by atoms with van der Waals surface area (Å²) in [5, 5.41) is 9.93. The van der Waals surface area contributed by atoms with Crippen LogP contribution in [0.25, 0.3) is 6.08 Å². The van der Waals surface area contributed by atoms with Crippen molar-refractivity contribution < 1.29 is 24.1 Å². The Morgan fingerprint density at radius 3 is 2.03 bits per heavy atom. The number of phenols is 1. The normalized spacial score (nSPS) is 10.8. The van der Waals surface area contributed by atoms with Crippen molar-refractivity contribution in [1.29, 1.82) is 0 Å². The van der Waals surface area contributed by atoms with E-state index in [0.29, 0.717) is 29.4 Å². The van der Waals surface area contributed by atoms with Crippen LogP contribution in [0.4, 0.5) is 0 Å². The third kappa shape index (κ3) is 6.51. The van der Waals surface area contributed by atoms with Gasteiger partial charge < -0.3 is 19.3 Å². The molecule has 0 unspecified atom stereocenters. The van der Waals surface area contributed by atoms with E-state index in [9.17, 15) is 9.90 Å². The van der Waals surface area contributed by atoms with E-state index in [0.717, 1.165) is 16.7 Å². The maximum Gasteiger partial charge on any atom is 0.189 e. The number of benzene rings is 4. The molecule has 4 rings (SSSR count). The minimum atomic E-state index is -0.252. The van der Waals surface area contributed by atoms with Crippen LogP contribution in [0.3, 0.4) is 0 Å². The molecule has 0 aliphatic rings. The lowest BCUT2D eigenvalue weighted by atomic mass is 10.1. The first-order valence-electron chi connectivity index (χ1n) is 11.2. The smallest absolute Gasteiger partial charge is 0.189 e. The minimum Gasteiger partial charge on any atom is -0.508 e. The minimum absolute atomic E-state index is 0.0281. The Kier molecular flexibility index (Phi) is 7.81. The van der Waals surface area contributed by atoms with Crippen LogP contribution in [-0.2, 0) is 13.2 Å². The van der Waals surface area contributed by atoms with Crippen molar-refractivity contribution in [2.24, 2.45) is 0 Å². The highest BCUT2D eigenvalue weighted by Gasteiger charge is 2.13. The predicted octanol–water partition coefficient (Wildman–Crippen LogP) is 6.45. The molecular formula is C30H26O5. The number of aromatic hydroxyl groups is 1. The molecule has 0 fully saturated rings. The van der Waals surface area contributed by atoms with E-state index in [1.807, 2.05) is 72.8 Å². The first kappa shape index (κ1) is 23.6. The van der Waals surface area contributed by atoms with Gasteiger partial charge in [-0.2, -0.15) is 0 Å². The molecule has 0 amide bonds. The van der Waals surface area contributed by atoms with Gasteiger partial charge in [0.25, 0.3) is 0 Å². The molecule has 0 saturated heterocycles. The lowest BCUT2D eigenvalue weighted by molar-refractivity contribution is 0.104. The molecular weight excluding hydrogens is 440 g/mol. The van der Waals surface area contributed by atoms with Crippen LogP contribution >= 0.6 is 0 Å². The summed E-state index contributed by atoms with van der Waals surface area (Å²) < 4.78 is 17.2. The molecule has 0 radical (unpaired) electrons. The number of hydrogen-bond donors (Lipinski definition) is 1. The van der Waals surface area contributed by atoms with Gasteiger partial charge in [-0.1, -0.05) is 60.7 Å². The van der Waals surface area contributed by atoms with E-state index < -0.39 is 0 Å². The summed E-state index contributed by atoms with van der Waals surface area (Å²) in [6.07, 6.45) is 3.18. The van der Waals surface area contributed by atoms with Gasteiger partial charge in [0.05, 0.1) is 12.7 Å². The zero-order valence-electron chi connectivity index (χ0n) is 19.4. The highest BCUT2D eigenvalue weighted by atomic mass is 16.5. The SMILES string of the molecule is COc1ccc(C=CC(=O)c2ccc(O)cc2OCc2ccccc2)c(OCc2ccccc2)c1. The average Bonchev–Trinajstić information content (AvgIpc) is 2.90. The highest BCUT2D eigenvalue weighted by molar-refractivity contribution is 6.08. The van der Waals surface area contributed by atoms with Gasteiger partial charge in [0.2, 0.25) is 0 Å². The molecule has 5 nitrogen and oxygen atoms in total. The van der Waals surface area contributed by atoms with Crippen molar-refractivity contribution >= 4 is 11.9 Å².